The van der Waals surface area contributed by atoms with Gasteiger partial charge in [-0.05, 0) is 40.2 Å². The van der Waals surface area contributed by atoms with Crippen LogP contribution in [0, 0.1) is 20.8 Å². The summed E-state index contributed by atoms with van der Waals surface area (Å²) in [5.41, 5.74) is 2.52. The molecule has 7 nitrogen and oxygen atoms in total. The first kappa shape index (κ1) is 17.0. The summed E-state index contributed by atoms with van der Waals surface area (Å²) in [7, 11) is -3.53. The number of rotatable bonds is 4. The van der Waals surface area contributed by atoms with Crippen LogP contribution in [-0.2, 0) is 16.6 Å². The molecule has 2 aromatic heterocycles. The zero-order valence-corrected chi connectivity index (χ0v) is 15.3. The fraction of sp³-hybridized carbons (Fsp3) is 0.562. The van der Waals surface area contributed by atoms with Crippen LogP contribution in [0.1, 0.15) is 42.2 Å². The van der Waals surface area contributed by atoms with Crippen molar-refractivity contribution in [1.82, 2.24) is 24.1 Å². The van der Waals surface area contributed by atoms with Crippen LogP contribution >= 0.6 is 0 Å². The van der Waals surface area contributed by atoms with Crippen molar-refractivity contribution in [2.24, 2.45) is 0 Å². The van der Waals surface area contributed by atoms with E-state index in [4.69, 9.17) is 0 Å². The summed E-state index contributed by atoms with van der Waals surface area (Å²) in [6.07, 6.45) is 2.19. The van der Waals surface area contributed by atoms with Gasteiger partial charge in [0, 0.05) is 36.9 Å². The molecule has 0 unspecified atom stereocenters. The largest absolute Gasteiger partial charge is 0.269 e. The van der Waals surface area contributed by atoms with Crippen LogP contribution in [0.4, 0.5) is 0 Å². The van der Waals surface area contributed by atoms with Gasteiger partial charge in [0.15, 0.2) is 0 Å². The molecule has 1 aliphatic rings. The first-order valence-electron chi connectivity index (χ1n) is 8.17. The molecule has 2 aromatic rings. The second-order valence-electron chi connectivity index (χ2n) is 6.27. The van der Waals surface area contributed by atoms with Gasteiger partial charge < -0.3 is 0 Å². The minimum Gasteiger partial charge on any atom is -0.269 e. The van der Waals surface area contributed by atoms with Crippen molar-refractivity contribution in [1.29, 1.82) is 0 Å². The summed E-state index contributed by atoms with van der Waals surface area (Å²) < 4.78 is 29.1. The van der Waals surface area contributed by atoms with Crippen molar-refractivity contribution in [3.63, 3.8) is 0 Å². The van der Waals surface area contributed by atoms with Crippen LogP contribution in [0.25, 0.3) is 0 Å². The average molecular weight is 349 g/mol. The average Bonchev–Trinajstić information content (AvgIpc) is 3.13. The van der Waals surface area contributed by atoms with E-state index in [1.165, 1.54) is 10.5 Å². The molecule has 1 atom stereocenters. The predicted octanol–water partition coefficient (Wildman–Crippen LogP) is 1.80. The number of nitrogens with zero attached hydrogens (tertiary/aromatic N) is 5. The maximum absolute atomic E-state index is 12.9. The molecule has 0 N–H and O–H groups in total. The number of aryl methyl sites for hydroxylation is 3. The smallest absolute Gasteiger partial charge is 0.246 e. The van der Waals surface area contributed by atoms with Crippen molar-refractivity contribution in [2.75, 3.05) is 13.1 Å². The number of aromatic nitrogens is 4. The van der Waals surface area contributed by atoms with Gasteiger partial charge in [0.1, 0.15) is 10.7 Å². The van der Waals surface area contributed by atoms with Crippen LogP contribution in [0.3, 0.4) is 0 Å². The topological polar surface area (TPSA) is 81.0 Å². The Morgan fingerprint density at radius 1 is 1.21 bits per heavy atom. The first-order chi connectivity index (χ1) is 11.3. The number of hydrogen-bond donors (Lipinski definition) is 0. The van der Waals surface area contributed by atoms with Gasteiger partial charge in [-0.1, -0.05) is 0 Å². The van der Waals surface area contributed by atoms with E-state index in [0.717, 1.165) is 23.6 Å². The molecule has 1 fully saturated rings. The Morgan fingerprint density at radius 3 is 2.46 bits per heavy atom. The molecule has 3 heterocycles. The highest BCUT2D eigenvalue weighted by atomic mass is 32.2. The van der Waals surface area contributed by atoms with Crippen LogP contribution in [0.2, 0.25) is 0 Å². The molecule has 0 bridgehead atoms. The Balaban J connectivity index is 1.85. The van der Waals surface area contributed by atoms with E-state index in [1.807, 2.05) is 26.8 Å². The van der Waals surface area contributed by atoms with Crippen molar-refractivity contribution in [3.8, 4) is 0 Å². The molecular formula is C16H23N5O2S. The van der Waals surface area contributed by atoms with E-state index in [9.17, 15) is 8.42 Å². The van der Waals surface area contributed by atoms with E-state index in [2.05, 4.69) is 15.1 Å². The zero-order valence-electron chi connectivity index (χ0n) is 14.5. The van der Waals surface area contributed by atoms with E-state index < -0.39 is 10.0 Å². The van der Waals surface area contributed by atoms with Crippen LogP contribution in [0.5, 0.6) is 0 Å². The Bertz CT molecular complexity index is 839. The molecule has 0 spiro atoms. The standard InChI is InChI=1S/C16H23N5O2S/c1-5-21-13(4)15(9-17-21)24(22,23)20-7-6-14(10-20)16-18-11(2)8-12(3)19-16/h8-9,14H,5-7,10H2,1-4H3/t14-/m1/s1. The van der Waals surface area contributed by atoms with Gasteiger partial charge in [-0.3, -0.25) is 4.68 Å². The van der Waals surface area contributed by atoms with Crippen molar-refractivity contribution >= 4 is 10.0 Å². The van der Waals surface area contributed by atoms with Crippen molar-refractivity contribution in [2.45, 2.75) is 51.5 Å². The SMILES string of the molecule is CCn1ncc(S(=O)(=O)N2CC[C@@H](c3nc(C)cc(C)n3)C2)c1C. The lowest BCUT2D eigenvalue weighted by Crippen LogP contribution is -2.29. The fourth-order valence-corrected chi connectivity index (χ4v) is 4.89. The molecule has 24 heavy (non-hydrogen) atoms. The van der Waals surface area contributed by atoms with E-state index in [-0.39, 0.29) is 5.92 Å². The Kier molecular flexibility index (Phi) is 4.44. The molecule has 8 heteroatoms. The number of hydrogen-bond acceptors (Lipinski definition) is 5. The lowest BCUT2D eigenvalue weighted by molar-refractivity contribution is 0.470. The second kappa shape index (κ2) is 6.25. The number of sulfonamides is 1. The monoisotopic (exact) mass is 349 g/mol. The minimum atomic E-state index is -3.53. The fourth-order valence-electron chi connectivity index (χ4n) is 3.23. The van der Waals surface area contributed by atoms with Crippen LogP contribution in [0.15, 0.2) is 17.2 Å². The molecular weight excluding hydrogens is 326 g/mol. The molecule has 1 aliphatic heterocycles. The third-order valence-corrected chi connectivity index (χ3v) is 6.46. The predicted molar refractivity (Wildman–Crippen MR) is 90.3 cm³/mol. The van der Waals surface area contributed by atoms with Crippen molar-refractivity contribution in [3.05, 3.63) is 35.2 Å². The molecule has 1 saturated heterocycles. The first-order valence-corrected chi connectivity index (χ1v) is 9.61. The van der Waals surface area contributed by atoms with Gasteiger partial charge >= 0.3 is 0 Å². The highest BCUT2D eigenvalue weighted by molar-refractivity contribution is 7.89. The third-order valence-electron chi connectivity index (χ3n) is 4.49. The van der Waals surface area contributed by atoms with Gasteiger partial charge in [-0.15, -0.1) is 0 Å². The summed E-state index contributed by atoms with van der Waals surface area (Å²) in [5.74, 6) is 0.783. The van der Waals surface area contributed by atoms with Crippen LogP contribution in [-0.4, -0.2) is 45.6 Å². The maximum atomic E-state index is 12.9. The maximum Gasteiger partial charge on any atom is 0.246 e. The Morgan fingerprint density at radius 2 is 1.88 bits per heavy atom. The van der Waals surface area contributed by atoms with E-state index in [1.54, 1.807) is 11.6 Å². The molecule has 0 aliphatic carbocycles. The highest BCUT2D eigenvalue weighted by Crippen LogP contribution is 2.30. The van der Waals surface area contributed by atoms with Gasteiger partial charge in [0.25, 0.3) is 0 Å². The zero-order chi connectivity index (χ0) is 17.5. The minimum absolute atomic E-state index is 0.0416. The molecule has 3 rings (SSSR count). The normalized spacial score (nSPS) is 19.1. The molecule has 0 saturated carbocycles. The van der Waals surface area contributed by atoms with Gasteiger partial charge in [-0.2, -0.15) is 9.40 Å². The quantitative estimate of drug-likeness (QED) is 0.841. The van der Waals surface area contributed by atoms with Crippen molar-refractivity contribution < 1.29 is 8.42 Å². The molecule has 130 valence electrons. The van der Waals surface area contributed by atoms with Gasteiger partial charge in [0.2, 0.25) is 10.0 Å². The second-order valence-corrected chi connectivity index (χ2v) is 8.17. The Labute approximate surface area is 142 Å². The summed E-state index contributed by atoms with van der Waals surface area (Å²) in [6, 6.07) is 1.93. The van der Waals surface area contributed by atoms with E-state index >= 15 is 0 Å². The highest BCUT2D eigenvalue weighted by Gasteiger charge is 2.36. The van der Waals surface area contributed by atoms with Gasteiger partial charge in [-0.25, -0.2) is 18.4 Å². The van der Waals surface area contributed by atoms with E-state index in [0.29, 0.717) is 30.2 Å². The van der Waals surface area contributed by atoms with Gasteiger partial charge in [0.05, 0.1) is 11.9 Å². The molecule has 0 aromatic carbocycles. The summed E-state index contributed by atoms with van der Waals surface area (Å²) >= 11 is 0. The lowest BCUT2D eigenvalue weighted by Gasteiger charge is -2.16. The Hall–Kier alpha value is -1.80. The summed E-state index contributed by atoms with van der Waals surface area (Å²) in [6.45, 7) is 9.17. The van der Waals surface area contributed by atoms with Crippen LogP contribution < -0.4 is 0 Å². The molecule has 0 radical (unpaired) electrons. The third kappa shape index (κ3) is 2.95. The summed E-state index contributed by atoms with van der Waals surface area (Å²) in [5, 5.41) is 4.16. The molecule has 0 amide bonds. The summed E-state index contributed by atoms with van der Waals surface area (Å²) in [4.78, 5) is 9.28. The lowest BCUT2D eigenvalue weighted by atomic mass is 10.1.